The summed E-state index contributed by atoms with van der Waals surface area (Å²) < 4.78 is 59.8. The average Bonchev–Trinajstić information content (AvgIpc) is 2.47. The Morgan fingerprint density at radius 1 is 1.13 bits per heavy atom. The van der Waals surface area contributed by atoms with E-state index in [1.807, 2.05) is 0 Å². The molecule has 0 bridgehead atoms. The minimum atomic E-state index is -4.46. The predicted molar refractivity (Wildman–Crippen MR) is 79.2 cm³/mol. The summed E-state index contributed by atoms with van der Waals surface area (Å²) in [6.45, 7) is -1.55. The number of hydrogen-bond donors (Lipinski definition) is 0. The summed E-state index contributed by atoms with van der Waals surface area (Å²) in [6, 6.07) is 6.70. The van der Waals surface area contributed by atoms with Crippen LogP contribution in [0.1, 0.15) is 5.56 Å². The molecule has 0 aliphatic heterocycles. The van der Waals surface area contributed by atoms with Crippen molar-refractivity contribution in [3.8, 4) is 11.8 Å². The second-order valence-corrected chi connectivity index (χ2v) is 5.63. The minimum absolute atomic E-state index is 0.0315. The van der Waals surface area contributed by atoms with Crippen LogP contribution >= 0.6 is 27.5 Å². The van der Waals surface area contributed by atoms with Crippen LogP contribution < -0.4 is 9.47 Å². The van der Waals surface area contributed by atoms with Crippen molar-refractivity contribution in [2.45, 2.75) is 12.8 Å². The molecule has 0 radical (unpaired) electrons. The highest BCUT2D eigenvalue weighted by Crippen LogP contribution is 2.26. The van der Waals surface area contributed by atoms with Crippen molar-refractivity contribution in [2.75, 3.05) is 6.61 Å². The third kappa shape index (κ3) is 5.54. The Kier molecular flexibility index (Phi) is 5.69. The Morgan fingerprint density at radius 3 is 2.43 bits per heavy atom. The van der Waals surface area contributed by atoms with Gasteiger partial charge in [0.15, 0.2) is 6.61 Å². The maximum Gasteiger partial charge on any atom is 0.422 e. The number of hydrogen-bond acceptors (Lipinski definition) is 3. The van der Waals surface area contributed by atoms with Crippen LogP contribution in [0.15, 0.2) is 34.8 Å². The Balaban J connectivity index is 2.02. The summed E-state index contributed by atoms with van der Waals surface area (Å²) in [6.07, 6.45) is -4.46. The van der Waals surface area contributed by atoms with E-state index in [0.29, 0.717) is 5.56 Å². The predicted octanol–water partition coefficient (Wildman–Crippen LogP) is 5.16. The molecule has 1 aromatic carbocycles. The van der Waals surface area contributed by atoms with E-state index in [1.165, 1.54) is 30.3 Å². The van der Waals surface area contributed by atoms with Gasteiger partial charge in [-0.15, -0.1) is 0 Å². The Hall–Kier alpha value is -1.54. The number of aromatic nitrogens is 1. The molecule has 0 aliphatic carbocycles. The van der Waals surface area contributed by atoms with Gasteiger partial charge in [-0.1, -0.05) is 17.7 Å². The van der Waals surface area contributed by atoms with Gasteiger partial charge in [-0.2, -0.15) is 18.2 Å². The maximum atomic E-state index is 13.5. The van der Waals surface area contributed by atoms with E-state index in [4.69, 9.17) is 16.3 Å². The molecule has 0 atom stereocenters. The van der Waals surface area contributed by atoms with E-state index >= 15 is 0 Å². The topological polar surface area (TPSA) is 31.4 Å². The van der Waals surface area contributed by atoms with Crippen LogP contribution in [0.3, 0.4) is 0 Å². The lowest BCUT2D eigenvalue weighted by atomic mass is 10.2. The van der Waals surface area contributed by atoms with Crippen LogP contribution in [-0.2, 0) is 6.61 Å². The maximum absolute atomic E-state index is 13.5. The van der Waals surface area contributed by atoms with Gasteiger partial charge in [-0.3, -0.25) is 0 Å². The lowest BCUT2D eigenvalue weighted by Gasteiger charge is -2.11. The summed E-state index contributed by atoms with van der Waals surface area (Å²) in [5, 5.41) is 0.280. The van der Waals surface area contributed by atoms with E-state index in [2.05, 4.69) is 25.7 Å². The zero-order valence-electron chi connectivity index (χ0n) is 11.3. The molecule has 0 aliphatic rings. The van der Waals surface area contributed by atoms with Crippen LogP contribution in [0.5, 0.6) is 11.8 Å². The zero-order chi connectivity index (χ0) is 17.0. The van der Waals surface area contributed by atoms with Gasteiger partial charge in [0.2, 0.25) is 11.8 Å². The summed E-state index contributed by atoms with van der Waals surface area (Å²) in [4.78, 5) is 3.77. The highest BCUT2D eigenvalue weighted by Gasteiger charge is 2.28. The van der Waals surface area contributed by atoms with Gasteiger partial charge in [-0.25, -0.2) is 4.39 Å². The summed E-state index contributed by atoms with van der Waals surface area (Å²) >= 11 is 8.95. The first kappa shape index (κ1) is 17.8. The first-order valence-electron chi connectivity index (χ1n) is 6.17. The molecule has 124 valence electrons. The molecule has 0 N–H and O–H groups in total. The number of benzene rings is 1. The van der Waals surface area contributed by atoms with Crippen molar-refractivity contribution in [1.29, 1.82) is 0 Å². The molecule has 2 rings (SSSR count). The highest BCUT2D eigenvalue weighted by molar-refractivity contribution is 9.10. The van der Waals surface area contributed by atoms with Gasteiger partial charge in [-0.05, 0) is 28.1 Å². The van der Waals surface area contributed by atoms with Crippen molar-refractivity contribution in [3.63, 3.8) is 0 Å². The molecule has 23 heavy (non-hydrogen) atoms. The van der Waals surface area contributed by atoms with Crippen LogP contribution in [-0.4, -0.2) is 17.8 Å². The van der Waals surface area contributed by atoms with Crippen LogP contribution in [0.2, 0.25) is 5.02 Å². The standard InChI is InChI=1S/C14H9BrClF4NO2/c15-9-5-10(16)8(4-11(9)17)6-22-12-2-1-3-13(21-12)23-7-14(18,19)20/h1-5H,6-7H2. The van der Waals surface area contributed by atoms with E-state index < -0.39 is 18.6 Å². The normalized spacial score (nSPS) is 11.4. The average molecular weight is 415 g/mol. The van der Waals surface area contributed by atoms with E-state index in [0.717, 1.165) is 0 Å². The van der Waals surface area contributed by atoms with Gasteiger partial charge in [0.25, 0.3) is 0 Å². The van der Waals surface area contributed by atoms with Gasteiger partial charge in [0, 0.05) is 22.7 Å². The fourth-order valence-corrected chi connectivity index (χ4v) is 2.23. The van der Waals surface area contributed by atoms with Crippen LogP contribution in [0.25, 0.3) is 0 Å². The number of pyridine rings is 1. The fourth-order valence-electron chi connectivity index (χ4n) is 1.54. The third-order valence-electron chi connectivity index (χ3n) is 2.55. The van der Waals surface area contributed by atoms with Crippen molar-refractivity contribution in [3.05, 3.63) is 51.2 Å². The van der Waals surface area contributed by atoms with Gasteiger partial charge < -0.3 is 9.47 Å². The highest BCUT2D eigenvalue weighted by atomic mass is 79.9. The molecular weight excluding hydrogens is 406 g/mol. The summed E-state index contributed by atoms with van der Waals surface area (Å²) in [5.74, 6) is -0.708. The largest absolute Gasteiger partial charge is 0.473 e. The molecule has 9 heteroatoms. The second kappa shape index (κ2) is 7.35. The molecule has 0 saturated heterocycles. The molecule has 0 fully saturated rings. The number of nitrogens with zero attached hydrogens (tertiary/aromatic N) is 1. The molecule has 1 heterocycles. The van der Waals surface area contributed by atoms with Crippen LogP contribution in [0.4, 0.5) is 17.6 Å². The van der Waals surface area contributed by atoms with Gasteiger partial charge >= 0.3 is 6.18 Å². The molecule has 3 nitrogen and oxygen atoms in total. The lowest BCUT2D eigenvalue weighted by Crippen LogP contribution is -2.19. The van der Waals surface area contributed by atoms with E-state index in [-0.39, 0.29) is 27.9 Å². The SMILES string of the molecule is Fc1cc(COc2cccc(OCC(F)(F)F)n2)c(Cl)cc1Br. The first-order valence-corrected chi connectivity index (χ1v) is 7.34. The zero-order valence-corrected chi connectivity index (χ0v) is 13.7. The summed E-state index contributed by atoms with van der Waals surface area (Å²) in [5.41, 5.74) is 0.371. The minimum Gasteiger partial charge on any atom is -0.473 e. The third-order valence-corrected chi connectivity index (χ3v) is 3.51. The van der Waals surface area contributed by atoms with Crippen LogP contribution in [0, 0.1) is 5.82 Å². The molecular formula is C14H9BrClF4NO2. The molecule has 0 spiro atoms. The molecule has 0 amide bonds. The van der Waals surface area contributed by atoms with Gasteiger partial charge in [0.05, 0.1) is 4.47 Å². The van der Waals surface area contributed by atoms with E-state index in [1.54, 1.807) is 0 Å². The smallest absolute Gasteiger partial charge is 0.422 e. The Bertz CT molecular complexity index is 697. The van der Waals surface area contributed by atoms with Crippen molar-refractivity contribution in [1.82, 2.24) is 4.98 Å². The Labute approximate surface area is 142 Å². The molecule has 0 unspecified atom stereocenters. The molecule has 2 aromatic rings. The first-order chi connectivity index (χ1) is 10.7. The number of alkyl halides is 3. The molecule has 1 aromatic heterocycles. The van der Waals surface area contributed by atoms with Crippen molar-refractivity contribution < 1.29 is 27.0 Å². The number of ether oxygens (including phenoxy) is 2. The Morgan fingerprint density at radius 2 is 1.78 bits per heavy atom. The quantitative estimate of drug-likeness (QED) is 0.500. The molecule has 0 saturated carbocycles. The lowest BCUT2D eigenvalue weighted by molar-refractivity contribution is -0.154. The van der Waals surface area contributed by atoms with Crippen molar-refractivity contribution >= 4 is 27.5 Å². The van der Waals surface area contributed by atoms with E-state index in [9.17, 15) is 17.6 Å². The number of halogens is 6. The van der Waals surface area contributed by atoms with Crippen molar-refractivity contribution in [2.24, 2.45) is 0 Å². The fraction of sp³-hybridized carbons (Fsp3) is 0.214. The number of rotatable bonds is 5. The monoisotopic (exact) mass is 413 g/mol. The second-order valence-electron chi connectivity index (χ2n) is 4.36. The summed E-state index contributed by atoms with van der Waals surface area (Å²) in [7, 11) is 0. The van der Waals surface area contributed by atoms with Gasteiger partial charge in [0.1, 0.15) is 12.4 Å².